The highest BCUT2D eigenvalue weighted by Crippen LogP contribution is 2.45. The summed E-state index contributed by atoms with van der Waals surface area (Å²) in [5.41, 5.74) is 12.4. The van der Waals surface area contributed by atoms with Gasteiger partial charge in [0.15, 0.2) is 17.5 Å². The first-order chi connectivity index (χ1) is 31.2. The van der Waals surface area contributed by atoms with Crippen molar-refractivity contribution in [1.82, 2.24) is 19.5 Å². The summed E-state index contributed by atoms with van der Waals surface area (Å²) in [5.74, 6) is 1.81. The molecule has 0 aliphatic heterocycles. The van der Waals surface area contributed by atoms with Crippen molar-refractivity contribution in [2.75, 3.05) is 0 Å². The predicted octanol–water partition coefficient (Wildman–Crippen LogP) is 15.6. The molecule has 9 aromatic carbocycles. The third kappa shape index (κ3) is 5.80. The lowest BCUT2D eigenvalue weighted by Crippen LogP contribution is -2.00. The molecule has 13 rings (SSSR count). The van der Waals surface area contributed by atoms with Gasteiger partial charge in [0, 0.05) is 64.1 Å². The normalized spacial score (nSPS) is 11.8. The molecule has 0 saturated heterocycles. The highest BCUT2D eigenvalue weighted by molar-refractivity contribution is 7.26. The smallest absolute Gasteiger partial charge is 0.164 e. The predicted molar refractivity (Wildman–Crippen MR) is 262 cm³/mol. The molecule has 6 heteroatoms. The van der Waals surface area contributed by atoms with E-state index in [2.05, 4.69) is 162 Å². The molecule has 294 valence electrons. The first-order valence-electron chi connectivity index (χ1n) is 21.1. The molecule has 0 unspecified atom stereocenters. The zero-order valence-corrected chi connectivity index (χ0v) is 34.6. The molecule has 0 fully saturated rings. The van der Waals surface area contributed by atoms with Gasteiger partial charge in [0.1, 0.15) is 11.2 Å². The first-order valence-corrected chi connectivity index (χ1v) is 21.9. The lowest BCUT2D eigenvalue weighted by molar-refractivity contribution is 0.669. The topological polar surface area (TPSA) is 56.7 Å². The molecule has 0 N–H and O–H groups in total. The second-order valence-corrected chi connectivity index (χ2v) is 17.0. The van der Waals surface area contributed by atoms with Crippen LogP contribution in [-0.2, 0) is 0 Å². The summed E-state index contributed by atoms with van der Waals surface area (Å²) in [4.78, 5) is 15.4. The zero-order chi connectivity index (χ0) is 41.4. The Hall–Kier alpha value is -8.19. The van der Waals surface area contributed by atoms with Crippen LogP contribution in [0.3, 0.4) is 0 Å². The number of para-hydroxylation sites is 2. The van der Waals surface area contributed by atoms with Gasteiger partial charge < -0.3 is 8.98 Å². The van der Waals surface area contributed by atoms with Crippen LogP contribution in [0.25, 0.3) is 126 Å². The van der Waals surface area contributed by atoms with Crippen LogP contribution >= 0.6 is 11.3 Å². The number of hydrogen-bond acceptors (Lipinski definition) is 5. The van der Waals surface area contributed by atoms with E-state index in [0.717, 1.165) is 61.0 Å². The van der Waals surface area contributed by atoms with Crippen molar-refractivity contribution < 1.29 is 4.42 Å². The summed E-state index contributed by atoms with van der Waals surface area (Å²) in [6.45, 7) is 0. The van der Waals surface area contributed by atoms with Crippen molar-refractivity contribution in [3.63, 3.8) is 0 Å². The second kappa shape index (κ2) is 14.2. The van der Waals surface area contributed by atoms with E-state index in [-0.39, 0.29) is 0 Å². The Morgan fingerprint density at radius 2 is 0.921 bits per heavy atom. The molecule has 4 aromatic heterocycles. The Morgan fingerprint density at radius 3 is 1.65 bits per heavy atom. The van der Waals surface area contributed by atoms with Crippen molar-refractivity contribution >= 4 is 75.3 Å². The van der Waals surface area contributed by atoms with E-state index in [1.165, 1.54) is 47.5 Å². The average molecular weight is 823 g/mol. The van der Waals surface area contributed by atoms with Gasteiger partial charge >= 0.3 is 0 Å². The number of furan rings is 1. The van der Waals surface area contributed by atoms with E-state index in [1.807, 2.05) is 59.9 Å². The molecular weight excluding hydrogens is 789 g/mol. The number of aromatic nitrogens is 4. The number of hydrogen-bond donors (Lipinski definition) is 0. The molecule has 0 bridgehead atoms. The molecule has 0 spiro atoms. The molecule has 0 amide bonds. The minimum Gasteiger partial charge on any atom is -0.456 e. The third-order valence-electron chi connectivity index (χ3n) is 12.3. The van der Waals surface area contributed by atoms with E-state index in [4.69, 9.17) is 19.4 Å². The fourth-order valence-electron chi connectivity index (χ4n) is 9.36. The quantitative estimate of drug-likeness (QED) is 0.168. The Kier molecular flexibility index (Phi) is 8.01. The van der Waals surface area contributed by atoms with E-state index >= 15 is 0 Å². The Morgan fingerprint density at radius 1 is 0.349 bits per heavy atom. The number of fused-ring (bicyclic) bond motifs is 9. The summed E-state index contributed by atoms with van der Waals surface area (Å²) in [5, 5.41) is 6.96. The van der Waals surface area contributed by atoms with Crippen LogP contribution in [-0.4, -0.2) is 19.5 Å². The molecule has 0 aliphatic carbocycles. The van der Waals surface area contributed by atoms with Crippen LogP contribution in [0.15, 0.2) is 211 Å². The highest BCUT2D eigenvalue weighted by atomic mass is 32.1. The SMILES string of the molecule is c1ccc(-c2ccc(-c3nc(-c4ccccc4)nc(-c4cccc5oc6ccc(-c7cc(-n8c9ccccc9c9ccccc98)cc8sc9ccccc9c78)cc6c45)n3)cc2)cc1. The number of benzene rings is 9. The highest BCUT2D eigenvalue weighted by Gasteiger charge is 2.21. The van der Waals surface area contributed by atoms with Crippen LogP contribution < -0.4 is 0 Å². The van der Waals surface area contributed by atoms with Gasteiger partial charge in [-0.1, -0.05) is 158 Å². The maximum Gasteiger partial charge on any atom is 0.164 e. The molecule has 5 nitrogen and oxygen atoms in total. The minimum absolute atomic E-state index is 0.587. The number of thiophene rings is 1. The Labute approximate surface area is 365 Å². The molecular formula is C57H34N4OS. The maximum atomic E-state index is 6.64. The zero-order valence-electron chi connectivity index (χ0n) is 33.7. The van der Waals surface area contributed by atoms with Crippen molar-refractivity contribution in [2.24, 2.45) is 0 Å². The van der Waals surface area contributed by atoms with Gasteiger partial charge in [0.05, 0.1) is 11.0 Å². The van der Waals surface area contributed by atoms with Gasteiger partial charge in [-0.2, -0.15) is 0 Å². The molecule has 0 aliphatic rings. The molecule has 13 aromatic rings. The standard InChI is InChI=1S/C57H34N4OS/c1-3-14-35(15-4-1)36-26-28-38(29-27-36)56-58-55(37-16-5-2-6-17-37)59-57(60-56)44-21-13-24-50-53(44)46-32-39(30-31-49(46)62-50)45-33-40(34-52-54(45)43-20-9-12-25-51(43)63-52)61-47-22-10-7-18-41(47)42-19-8-11-23-48(42)61/h1-34H. The molecule has 4 heterocycles. The minimum atomic E-state index is 0.587. The summed E-state index contributed by atoms with van der Waals surface area (Å²) in [6.07, 6.45) is 0. The number of rotatable bonds is 6. The van der Waals surface area contributed by atoms with Crippen LogP contribution in [0.5, 0.6) is 0 Å². The van der Waals surface area contributed by atoms with Crippen LogP contribution in [0.2, 0.25) is 0 Å². The van der Waals surface area contributed by atoms with Crippen LogP contribution in [0.1, 0.15) is 0 Å². The lowest BCUT2D eigenvalue weighted by Gasteiger charge is -2.13. The van der Waals surface area contributed by atoms with Crippen molar-refractivity contribution in [2.45, 2.75) is 0 Å². The fraction of sp³-hybridized carbons (Fsp3) is 0. The van der Waals surface area contributed by atoms with Gasteiger partial charge in [-0.25, -0.2) is 15.0 Å². The average Bonchev–Trinajstić information content (AvgIpc) is 4.03. The van der Waals surface area contributed by atoms with E-state index < -0.39 is 0 Å². The summed E-state index contributed by atoms with van der Waals surface area (Å²) < 4.78 is 11.6. The molecule has 0 saturated carbocycles. The molecule has 0 radical (unpaired) electrons. The summed E-state index contributed by atoms with van der Waals surface area (Å²) in [6, 6.07) is 72.7. The summed E-state index contributed by atoms with van der Waals surface area (Å²) in [7, 11) is 0. The van der Waals surface area contributed by atoms with E-state index in [9.17, 15) is 0 Å². The van der Waals surface area contributed by atoms with Crippen LogP contribution in [0, 0.1) is 0 Å². The van der Waals surface area contributed by atoms with Crippen LogP contribution in [0.4, 0.5) is 0 Å². The lowest BCUT2D eigenvalue weighted by atomic mass is 9.96. The van der Waals surface area contributed by atoms with Gasteiger partial charge in [-0.05, 0) is 70.8 Å². The Balaban J connectivity index is 1.02. The third-order valence-corrected chi connectivity index (χ3v) is 13.4. The van der Waals surface area contributed by atoms with Crippen molar-refractivity contribution in [3.8, 4) is 62.1 Å². The van der Waals surface area contributed by atoms with E-state index in [0.29, 0.717) is 17.5 Å². The second-order valence-electron chi connectivity index (χ2n) is 15.9. The fourth-order valence-corrected chi connectivity index (χ4v) is 10.5. The summed E-state index contributed by atoms with van der Waals surface area (Å²) >= 11 is 1.84. The van der Waals surface area contributed by atoms with Gasteiger partial charge in [0.2, 0.25) is 0 Å². The van der Waals surface area contributed by atoms with Crippen molar-refractivity contribution in [1.29, 1.82) is 0 Å². The van der Waals surface area contributed by atoms with Gasteiger partial charge in [-0.15, -0.1) is 11.3 Å². The first kappa shape index (κ1) is 35.6. The molecule has 0 atom stereocenters. The Bertz CT molecular complexity index is 3850. The number of nitrogens with zero attached hydrogens (tertiary/aromatic N) is 4. The maximum absolute atomic E-state index is 6.64. The van der Waals surface area contributed by atoms with E-state index in [1.54, 1.807) is 0 Å². The van der Waals surface area contributed by atoms with Gasteiger partial charge in [0.25, 0.3) is 0 Å². The van der Waals surface area contributed by atoms with Gasteiger partial charge in [-0.3, -0.25) is 0 Å². The van der Waals surface area contributed by atoms with Crippen molar-refractivity contribution in [3.05, 3.63) is 206 Å². The molecule has 63 heavy (non-hydrogen) atoms. The largest absolute Gasteiger partial charge is 0.456 e. The monoisotopic (exact) mass is 822 g/mol.